The second-order valence-electron chi connectivity index (χ2n) is 7.04. The number of phenols is 1. The van der Waals surface area contributed by atoms with Gasteiger partial charge in [-0.1, -0.05) is 87.9 Å². The number of hydrogen-bond donors (Lipinski definition) is 1. The molecule has 152 valence electrons. The number of halogens is 1. The van der Waals surface area contributed by atoms with E-state index in [1.165, 1.54) is 11.3 Å². The van der Waals surface area contributed by atoms with Crippen LogP contribution in [0.3, 0.4) is 0 Å². The fraction of sp³-hybridized carbons (Fsp3) is 0.0417. The van der Waals surface area contributed by atoms with E-state index in [9.17, 15) is 9.90 Å². The van der Waals surface area contributed by atoms with Gasteiger partial charge in [-0.25, -0.2) is 0 Å². The van der Waals surface area contributed by atoms with E-state index in [1.807, 2.05) is 60.7 Å². The Balaban J connectivity index is 1.74. The van der Waals surface area contributed by atoms with Crippen molar-refractivity contribution >= 4 is 39.1 Å². The summed E-state index contributed by atoms with van der Waals surface area (Å²) in [5.74, 6) is 0.108. The molecule has 1 aromatic heterocycles. The molecular formula is C24H16BrN3O2S. The fourth-order valence-electron chi connectivity index (χ4n) is 3.61. The predicted molar refractivity (Wildman–Crippen MR) is 126 cm³/mol. The topological polar surface area (TPSA) is 66.9 Å². The van der Waals surface area contributed by atoms with Crippen LogP contribution in [0.4, 0.5) is 0 Å². The van der Waals surface area contributed by atoms with Crippen LogP contribution in [0.2, 0.25) is 0 Å². The highest BCUT2D eigenvalue weighted by molar-refractivity contribution is 9.10. The van der Waals surface area contributed by atoms with Gasteiger partial charge in [-0.3, -0.25) is 9.36 Å². The van der Waals surface area contributed by atoms with Crippen molar-refractivity contribution in [3.8, 4) is 5.75 Å². The van der Waals surface area contributed by atoms with E-state index >= 15 is 0 Å². The first-order valence-electron chi connectivity index (χ1n) is 9.59. The number of rotatable bonds is 3. The van der Waals surface area contributed by atoms with Gasteiger partial charge in [0.2, 0.25) is 4.80 Å². The number of thiazole rings is 1. The Hall–Kier alpha value is -3.29. The zero-order chi connectivity index (χ0) is 21.4. The van der Waals surface area contributed by atoms with Gasteiger partial charge in [0.05, 0.1) is 10.2 Å². The van der Waals surface area contributed by atoms with Gasteiger partial charge in [0.1, 0.15) is 11.8 Å². The molecule has 0 bridgehead atoms. The first kappa shape index (κ1) is 19.7. The van der Waals surface area contributed by atoms with Crippen molar-refractivity contribution in [2.45, 2.75) is 6.04 Å². The zero-order valence-electron chi connectivity index (χ0n) is 16.1. The summed E-state index contributed by atoms with van der Waals surface area (Å²) in [6.07, 6.45) is 1.69. The summed E-state index contributed by atoms with van der Waals surface area (Å²) in [6, 6.07) is 24.3. The molecule has 0 saturated carbocycles. The van der Waals surface area contributed by atoms with E-state index < -0.39 is 6.04 Å². The highest BCUT2D eigenvalue weighted by atomic mass is 79.9. The maximum atomic E-state index is 13.5. The van der Waals surface area contributed by atoms with Crippen LogP contribution >= 0.6 is 27.3 Å². The molecule has 1 aliphatic heterocycles. The Labute approximate surface area is 190 Å². The molecule has 0 saturated heterocycles. The quantitative estimate of drug-likeness (QED) is 0.475. The third-order valence-corrected chi connectivity index (χ3v) is 6.52. The van der Waals surface area contributed by atoms with Crippen LogP contribution in [0.1, 0.15) is 22.7 Å². The van der Waals surface area contributed by atoms with E-state index in [2.05, 4.69) is 26.1 Å². The largest absolute Gasteiger partial charge is 0.507 e. The Morgan fingerprint density at radius 3 is 2.42 bits per heavy atom. The molecule has 2 heterocycles. The van der Waals surface area contributed by atoms with Crippen molar-refractivity contribution in [2.24, 2.45) is 10.2 Å². The molecule has 0 unspecified atom stereocenters. The third-order valence-electron chi connectivity index (χ3n) is 5.06. The Kier molecular flexibility index (Phi) is 5.13. The van der Waals surface area contributed by atoms with Crippen molar-refractivity contribution in [3.63, 3.8) is 0 Å². The number of fused-ring (bicyclic) bond motifs is 1. The van der Waals surface area contributed by atoms with Gasteiger partial charge in [-0.15, -0.1) is 10.2 Å². The molecule has 4 aromatic rings. The first-order valence-corrected chi connectivity index (χ1v) is 11.2. The van der Waals surface area contributed by atoms with Gasteiger partial charge < -0.3 is 5.11 Å². The summed E-state index contributed by atoms with van der Waals surface area (Å²) in [5.41, 5.74) is 2.99. The minimum Gasteiger partial charge on any atom is -0.507 e. The summed E-state index contributed by atoms with van der Waals surface area (Å²) < 4.78 is 2.99. The Bertz CT molecular complexity index is 1470. The summed E-state index contributed by atoms with van der Waals surface area (Å²) in [7, 11) is 0. The lowest BCUT2D eigenvalue weighted by atomic mass is 9.96. The number of benzene rings is 3. The number of phenolic OH excluding ortho intramolecular Hbond substituents is 1. The number of nitrogens with zero attached hydrogens (tertiary/aromatic N) is 3. The molecular weight excluding hydrogens is 474 g/mol. The molecule has 1 aliphatic rings. The summed E-state index contributed by atoms with van der Waals surface area (Å²) in [4.78, 5) is 14.0. The zero-order valence-corrected chi connectivity index (χ0v) is 18.5. The highest BCUT2D eigenvalue weighted by Crippen LogP contribution is 2.25. The van der Waals surface area contributed by atoms with Gasteiger partial charge in [-0.05, 0) is 29.8 Å². The average Bonchev–Trinajstić information content (AvgIpc) is 3.12. The second kappa shape index (κ2) is 8.09. The van der Waals surface area contributed by atoms with Crippen LogP contribution in [0.5, 0.6) is 5.75 Å². The summed E-state index contributed by atoms with van der Waals surface area (Å²) >= 11 is 4.67. The maximum absolute atomic E-state index is 13.5. The second-order valence-corrected chi connectivity index (χ2v) is 8.96. The fourth-order valence-corrected chi connectivity index (χ4v) is 4.92. The average molecular weight is 490 g/mol. The lowest BCUT2D eigenvalue weighted by Crippen LogP contribution is -2.40. The van der Waals surface area contributed by atoms with Crippen molar-refractivity contribution in [1.82, 2.24) is 4.57 Å². The van der Waals surface area contributed by atoms with Crippen LogP contribution in [0.15, 0.2) is 98.3 Å². The molecule has 5 nitrogen and oxygen atoms in total. The van der Waals surface area contributed by atoms with Gasteiger partial charge in [-0.2, -0.15) is 0 Å². The van der Waals surface area contributed by atoms with Gasteiger partial charge >= 0.3 is 0 Å². The molecule has 1 atom stereocenters. The minimum atomic E-state index is -0.391. The van der Waals surface area contributed by atoms with Crippen LogP contribution in [-0.2, 0) is 0 Å². The van der Waals surface area contributed by atoms with Crippen LogP contribution < -0.4 is 14.9 Å². The molecule has 0 spiro atoms. The molecule has 0 fully saturated rings. The molecule has 1 N–H and O–H groups in total. The lowest BCUT2D eigenvalue weighted by Gasteiger charge is -2.22. The van der Waals surface area contributed by atoms with E-state index in [0.29, 0.717) is 14.9 Å². The number of hydrogen-bond acceptors (Lipinski definition) is 5. The molecule has 0 radical (unpaired) electrons. The summed E-state index contributed by atoms with van der Waals surface area (Å²) in [6.45, 7) is 0. The smallest absolute Gasteiger partial charge is 0.271 e. The van der Waals surface area contributed by atoms with Crippen molar-refractivity contribution in [1.29, 1.82) is 0 Å². The first-order chi connectivity index (χ1) is 15.1. The number of aromatic nitrogens is 1. The monoisotopic (exact) mass is 489 g/mol. The van der Waals surface area contributed by atoms with Crippen molar-refractivity contribution < 1.29 is 5.11 Å². The van der Waals surface area contributed by atoms with E-state index in [1.54, 1.807) is 28.8 Å². The predicted octanol–water partition coefficient (Wildman–Crippen LogP) is 3.83. The van der Waals surface area contributed by atoms with E-state index in [4.69, 9.17) is 0 Å². The number of aromatic hydroxyl groups is 1. The van der Waals surface area contributed by atoms with E-state index in [-0.39, 0.29) is 11.3 Å². The van der Waals surface area contributed by atoms with Crippen LogP contribution in [-0.4, -0.2) is 15.4 Å². The lowest BCUT2D eigenvalue weighted by molar-refractivity contribution is 0.474. The Morgan fingerprint density at radius 2 is 1.68 bits per heavy atom. The SMILES string of the molecule is O=c1/c(=C/c2cc(Br)ccc2O)sc2n1[C@@H](c1ccccc1)C(c1ccccc1)=NN=2. The maximum Gasteiger partial charge on any atom is 0.271 e. The Morgan fingerprint density at radius 1 is 0.968 bits per heavy atom. The van der Waals surface area contributed by atoms with Gasteiger partial charge in [0, 0.05) is 15.6 Å². The molecule has 5 rings (SSSR count). The molecule has 31 heavy (non-hydrogen) atoms. The van der Waals surface area contributed by atoms with E-state index in [0.717, 1.165) is 21.3 Å². The van der Waals surface area contributed by atoms with Crippen LogP contribution in [0.25, 0.3) is 6.08 Å². The highest BCUT2D eigenvalue weighted by Gasteiger charge is 2.28. The molecule has 0 amide bonds. The summed E-state index contributed by atoms with van der Waals surface area (Å²) in [5, 5.41) is 19.1. The normalized spacial score (nSPS) is 15.8. The molecule has 7 heteroatoms. The van der Waals surface area contributed by atoms with Gasteiger partial charge in [0.15, 0.2) is 0 Å². The van der Waals surface area contributed by atoms with Gasteiger partial charge in [0.25, 0.3) is 5.56 Å². The molecule has 0 aliphatic carbocycles. The minimum absolute atomic E-state index is 0.108. The van der Waals surface area contributed by atoms with Crippen molar-refractivity contribution in [2.75, 3.05) is 0 Å². The third kappa shape index (κ3) is 3.66. The van der Waals surface area contributed by atoms with Crippen LogP contribution in [0, 0.1) is 0 Å². The van der Waals surface area contributed by atoms with Crippen molar-refractivity contribution in [3.05, 3.63) is 120 Å². The standard InChI is InChI=1S/C24H16BrN3O2S/c25-18-11-12-19(29)17(13-18)14-20-23(30)28-22(16-9-5-2-6-10-16)21(26-27-24(28)31-20)15-7-3-1-4-8-15/h1-14,22,29H/b20-14-/t22-/m0/s1. The molecule has 3 aromatic carbocycles.